The number of amides is 1. The van der Waals surface area contributed by atoms with Crippen LogP contribution < -0.4 is 10.5 Å². The maximum Gasteiger partial charge on any atom is 0.275 e. The smallest absolute Gasteiger partial charge is 0.275 e. The number of nitrogens with zero attached hydrogens (tertiary/aromatic N) is 4. The Morgan fingerprint density at radius 1 is 0.759 bits per heavy atom. The Balaban J connectivity index is 1.39. The van der Waals surface area contributed by atoms with Gasteiger partial charge >= 0.3 is 0 Å². The number of hydrogen-bond donors (Lipinski definition) is 0. The summed E-state index contributed by atoms with van der Waals surface area (Å²) in [6, 6.07) is 21.6. The predicted octanol–water partition coefficient (Wildman–Crippen LogP) is 2.60. The van der Waals surface area contributed by atoms with Crippen molar-refractivity contribution in [1.82, 2.24) is 13.9 Å². The molecule has 6 nitrogen and oxygen atoms in total. The Kier molecular flexibility index (Phi) is 4.31. The average Bonchev–Trinajstić information content (AvgIpc) is 3.28. The van der Waals surface area contributed by atoms with E-state index < -0.39 is 0 Å². The van der Waals surface area contributed by atoms with Crippen LogP contribution in [-0.4, -0.2) is 46.0 Å². The molecule has 2 aromatic heterocycles. The number of carbonyl (C=O) groups excluding carboxylic acids is 1. The van der Waals surface area contributed by atoms with Crippen molar-refractivity contribution in [2.24, 2.45) is 0 Å². The molecule has 0 saturated carbocycles. The SMILES string of the molecule is O=C(Cn1c(=O)c2cccn2c2ccccc21)N1CCN(c2ccccc2)CC1. The number of anilines is 1. The molecule has 1 aliphatic heterocycles. The summed E-state index contributed by atoms with van der Waals surface area (Å²) in [5.74, 6) is -0.0131. The molecule has 1 aliphatic rings. The van der Waals surface area contributed by atoms with Crippen LogP contribution in [0.4, 0.5) is 5.69 Å². The van der Waals surface area contributed by atoms with Crippen LogP contribution in [0.2, 0.25) is 0 Å². The molecule has 6 heteroatoms. The van der Waals surface area contributed by atoms with Crippen LogP contribution in [-0.2, 0) is 11.3 Å². The average molecular weight is 386 g/mol. The highest BCUT2D eigenvalue weighted by atomic mass is 16.2. The third-order valence-corrected chi connectivity index (χ3v) is 5.69. The summed E-state index contributed by atoms with van der Waals surface area (Å²) in [7, 11) is 0. The van der Waals surface area contributed by atoms with Crippen LogP contribution in [0, 0.1) is 0 Å². The second kappa shape index (κ2) is 7.13. The van der Waals surface area contributed by atoms with Gasteiger partial charge in [-0.25, -0.2) is 0 Å². The minimum Gasteiger partial charge on any atom is -0.368 e. The van der Waals surface area contributed by atoms with E-state index in [1.807, 2.05) is 64.0 Å². The highest BCUT2D eigenvalue weighted by molar-refractivity contribution is 5.82. The van der Waals surface area contributed by atoms with Crippen LogP contribution in [0.25, 0.3) is 16.6 Å². The van der Waals surface area contributed by atoms with E-state index in [0.717, 1.165) is 24.1 Å². The van der Waals surface area contributed by atoms with Gasteiger partial charge < -0.3 is 14.2 Å². The van der Waals surface area contributed by atoms with Crippen molar-refractivity contribution in [3.05, 3.63) is 83.3 Å². The number of fused-ring (bicyclic) bond motifs is 3. The molecule has 29 heavy (non-hydrogen) atoms. The lowest BCUT2D eigenvalue weighted by atomic mass is 10.2. The molecule has 0 radical (unpaired) electrons. The fraction of sp³-hybridized carbons (Fsp3) is 0.217. The Hall–Kier alpha value is -3.54. The molecular formula is C23H22N4O2. The first-order valence-corrected chi connectivity index (χ1v) is 9.89. The molecular weight excluding hydrogens is 364 g/mol. The quantitative estimate of drug-likeness (QED) is 0.544. The first-order chi connectivity index (χ1) is 14.2. The van der Waals surface area contributed by atoms with Gasteiger partial charge in [0.1, 0.15) is 12.1 Å². The lowest BCUT2D eigenvalue weighted by molar-refractivity contribution is -0.132. The van der Waals surface area contributed by atoms with E-state index in [4.69, 9.17) is 0 Å². The number of benzene rings is 2. The molecule has 1 amide bonds. The molecule has 1 saturated heterocycles. The Labute approximate surface area is 168 Å². The zero-order valence-electron chi connectivity index (χ0n) is 16.1. The van der Waals surface area contributed by atoms with E-state index in [9.17, 15) is 9.59 Å². The summed E-state index contributed by atoms with van der Waals surface area (Å²) in [6.07, 6.45) is 1.88. The van der Waals surface area contributed by atoms with E-state index in [1.165, 1.54) is 5.69 Å². The van der Waals surface area contributed by atoms with Gasteiger partial charge in [0.2, 0.25) is 5.91 Å². The molecule has 0 unspecified atom stereocenters. The summed E-state index contributed by atoms with van der Waals surface area (Å²) in [5.41, 5.74) is 3.34. The van der Waals surface area contributed by atoms with Gasteiger partial charge in [0, 0.05) is 38.1 Å². The van der Waals surface area contributed by atoms with Crippen LogP contribution in [0.3, 0.4) is 0 Å². The Morgan fingerprint density at radius 2 is 1.41 bits per heavy atom. The monoisotopic (exact) mass is 386 g/mol. The minimum atomic E-state index is -0.134. The van der Waals surface area contributed by atoms with E-state index in [0.29, 0.717) is 18.6 Å². The van der Waals surface area contributed by atoms with Gasteiger partial charge in [-0.15, -0.1) is 0 Å². The summed E-state index contributed by atoms with van der Waals surface area (Å²) in [6.45, 7) is 2.97. The van der Waals surface area contributed by atoms with Crippen molar-refractivity contribution >= 4 is 28.1 Å². The number of hydrogen-bond acceptors (Lipinski definition) is 3. The van der Waals surface area contributed by atoms with Crippen molar-refractivity contribution < 1.29 is 4.79 Å². The topological polar surface area (TPSA) is 50.0 Å². The van der Waals surface area contributed by atoms with Gasteiger partial charge in [-0.2, -0.15) is 0 Å². The Bertz CT molecular complexity index is 1230. The summed E-state index contributed by atoms with van der Waals surface area (Å²) in [5, 5.41) is 0. The van der Waals surface area contributed by atoms with Crippen LogP contribution in [0.15, 0.2) is 77.7 Å². The van der Waals surface area contributed by atoms with Gasteiger partial charge in [-0.05, 0) is 36.4 Å². The van der Waals surface area contributed by atoms with Crippen molar-refractivity contribution in [3.63, 3.8) is 0 Å². The zero-order valence-corrected chi connectivity index (χ0v) is 16.1. The van der Waals surface area contributed by atoms with E-state index in [2.05, 4.69) is 17.0 Å². The first kappa shape index (κ1) is 17.6. The normalized spacial score (nSPS) is 14.6. The molecule has 0 atom stereocenters. The van der Waals surface area contributed by atoms with Gasteiger partial charge in [0.25, 0.3) is 5.56 Å². The van der Waals surface area contributed by atoms with E-state index in [-0.39, 0.29) is 18.0 Å². The van der Waals surface area contributed by atoms with Crippen molar-refractivity contribution in [3.8, 4) is 0 Å². The highest BCUT2D eigenvalue weighted by Gasteiger charge is 2.22. The third kappa shape index (κ3) is 3.06. The fourth-order valence-electron chi connectivity index (χ4n) is 4.15. The highest BCUT2D eigenvalue weighted by Crippen LogP contribution is 2.17. The fourth-order valence-corrected chi connectivity index (χ4v) is 4.15. The zero-order chi connectivity index (χ0) is 19.8. The van der Waals surface area contributed by atoms with Crippen molar-refractivity contribution in [1.29, 1.82) is 0 Å². The molecule has 1 fully saturated rings. The predicted molar refractivity (Wildman–Crippen MR) is 114 cm³/mol. The van der Waals surface area contributed by atoms with Crippen LogP contribution in [0.1, 0.15) is 0 Å². The maximum absolute atomic E-state index is 13.0. The van der Waals surface area contributed by atoms with Crippen LogP contribution >= 0.6 is 0 Å². The summed E-state index contributed by atoms with van der Waals surface area (Å²) < 4.78 is 3.49. The first-order valence-electron chi connectivity index (χ1n) is 9.89. The molecule has 0 aliphatic carbocycles. The second-order valence-electron chi connectivity index (χ2n) is 7.35. The molecule has 5 rings (SSSR count). The lowest BCUT2D eigenvalue weighted by Crippen LogP contribution is -2.50. The van der Waals surface area contributed by atoms with E-state index >= 15 is 0 Å². The van der Waals surface area contributed by atoms with Gasteiger partial charge in [-0.3, -0.25) is 14.2 Å². The third-order valence-electron chi connectivity index (χ3n) is 5.69. The summed E-state index contributed by atoms with van der Waals surface area (Å²) >= 11 is 0. The van der Waals surface area contributed by atoms with Crippen LogP contribution in [0.5, 0.6) is 0 Å². The molecule has 4 aromatic rings. The van der Waals surface area contributed by atoms with E-state index in [1.54, 1.807) is 10.6 Å². The minimum absolute atomic E-state index is 0.0131. The molecule has 0 bridgehead atoms. The molecule has 0 N–H and O–H groups in total. The van der Waals surface area contributed by atoms with Gasteiger partial charge in [0.05, 0.1) is 11.0 Å². The second-order valence-corrected chi connectivity index (χ2v) is 7.35. The van der Waals surface area contributed by atoms with Gasteiger partial charge in [-0.1, -0.05) is 30.3 Å². The molecule has 146 valence electrons. The van der Waals surface area contributed by atoms with Gasteiger partial charge in [0.15, 0.2) is 0 Å². The standard InChI is InChI=1S/C23H22N4O2/c28-22(25-15-13-24(14-16-25)18-7-2-1-3-8-18)17-27-20-10-5-4-9-19(20)26-12-6-11-21(26)23(27)29/h1-12H,13-17H2. The number of aromatic nitrogens is 2. The van der Waals surface area contributed by atoms with Crippen molar-refractivity contribution in [2.45, 2.75) is 6.54 Å². The maximum atomic E-state index is 13.0. The molecule has 0 spiro atoms. The number of rotatable bonds is 3. The molecule has 2 aromatic carbocycles. The number of piperazine rings is 1. The number of carbonyl (C=O) groups is 1. The summed E-state index contributed by atoms with van der Waals surface area (Å²) in [4.78, 5) is 30.2. The number of para-hydroxylation sites is 3. The largest absolute Gasteiger partial charge is 0.368 e. The lowest BCUT2D eigenvalue weighted by Gasteiger charge is -2.36. The van der Waals surface area contributed by atoms with Crippen molar-refractivity contribution in [2.75, 3.05) is 31.1 Å². The molecule has 3 heterocycles. The Morgan fingerprint density at radius 3 is 2.17 bits per heavy atom.